The topological polar surface area (TPSA) is 91.6 Å². The number of aliphatic hydroxyl groups excluding tert-OH is 1. The van der Waals surface area contributed by atoms with Gasteiger partial charge in [-0.05, 0) is 38.3 Å². The molecule has 3 N–H and O–H groups in total. The molecule has 0 aromatic carbocycles. The van der Waals surface area contributed by atoms with Crippen molar-refractivity contribution in [3.05, 3.63) is 17.9 Å². The first-order valence-corrected chi connectivity index (χ1v) is 7.95. The third kappa shape index (κ3) is 4.31. The fourth-order valence-corrected chi connectivity index (χ4v) is 2.93. The van der Waals surface area contributed by atoms with Crippen molar-refractivity contribution < 1.29 is 17.9 Å². The normalized spacial score (nSPS) is 17.6. The molecule has 1 atom stereocenters. The van der Waals surface area contributed by atoms with Gasteiger partial charge < -0.3 is 14.8 Å². The van der Waals surface area contributed by atoms with E-state index in [1.54, 1.807) is 13.0 Å². The van der Waals surface area contributed by atoms with Crippen molar-refractivity contribution in [2.75, 3.05) is 6.61 Å². The number of hydrogen-bond donors (Lipinski definition) is 3. The second-order valence-corrected chi connectivity index (χ2v) is 6.56. The second-order valence-electron chi connectivity index (χ2n) is 4.91. The first kappa shape index (κ1) is 14.5. The van der Waals surface area contributed by atoms with E-state index in [2.05, 4.69) is 10.0 Å². The molecular weight excluding hydrogens is 268 g/mol. The molecule has 1 aliphatic rings. The highest BCUT2D eigenvalue weighted by molar-refractivity contribution is 7.89. The summed E-state index contributed by atoms with van der Waals surface area (Å²) in [5, 5.41) is 11.9. The molecule has 19 heavy (non-hydrogen) atoms. The fourth-order valence-electron chi connectivity index (χ4n) is 1.71. The molecule has 0 saturated heterocycles. The number of rotatable bonds is 8. The molecule has 0 spiro atoms. The zero-order valence-electron chi connectivity index (χ0n) is 10.9. The molecule has 0 amide bonds. The van der Waals surface area contributed by atoms with Crippen molar-refractivity contribution in [3.8, 4) is 0 Å². The lowest BCUT2D eigenvalue weighted by molar-refractivity contribution is 0.275. The van der Waals surface area contributed by atoms with E-state index in [4.69, 9.17) is 9.52 Å². The monoisotopic (exact) mass is 288 g/mol. The van der Waals surface area contributed by atoms with Gasteiger partial charge in [0, 0.05) is 18.7 Å². The third-order valence-electron chi connectivity index (χ3n) is 2.96. The average Bonchev–Trinajstić information content (AvgIpc) is 3.02. The zero-order chi connectivity index (χ0) is 13.9. The van der Waals surface area contributed by atoms with E-state index < -0.39 is 10.0 Å². The molecule has 7 heteroatoms. The number of nitrogens with one attached hydrogen (secondary N) is 2. The van der Waals surface area contributed by atoms with Crippen molar-refractivity contribution in [2.45, 2.75) is 49.9 Å². The molecule has 1 heterocycles. The van der Waals surface area contributed by atoms with Gasteiger partial charge in [-0.15, -0.1) is 0 Å². The zero-order valence-corrected chi connectivity index (χ0v) is 11.7. The molecule has 108 valence electrons. The van der Waals surface area contributed by atoms with Crippen LogP contribution in [0, 0.1) is 0 Å². The van der Waals surface area contributed by atoms with E-state index in [1.165, 1.54) is 18.9 Å². The SMILES string of the molecule is CC(CCO)NS(=O)(=O)c1ccc(CNC2CC2)o1. The summed E-state index contributed by atoms with van der Waals surface area (Å²) in [4.78, 5) is 0. The van der Waals surface area contributed by atoms with Gasteiger partial charge in [-0.25, -0.2) is 13.1 Å². The molecule has 1 aromatic rings. The van der Waals surface area contributed by atoms with Crippen molar-refractivity contribution in [1.29, 1.82) is 0 Å². The molecule has 1 aliphatic carbocycles. The molecule has 1 saturated carbocycles. The van der Waals surface area contributed by atoms with Gasteiger partial charge >= 0.3 is 0 Å². The molecule has 1 aromatic heterocycles. The van der Waals surface area contributed by atoms with Gasteiger partial charge in [0.2, 0.25) is 5.09 Å². The number of furan rings is 1. The molecule has 1 unspecified atom stereocenters. The summed E-state index contributed by atoms with van der Waals surface area (Å²) in [7, 11) is -3.64. The molecule has 0 bridgehead atoms. The van der Waals surface area contributed by atoms with E-state index in [0.717, 1.165) is 0 Å². The smallest absolute Gasteiger partial charge is 0.274 e. The summed E-state index contributed by atoms with van der Waals surface area (Å²) in [5.41, 5.74) is 0. The van der Waals surface area contributed by atoms with Crippen LogP contribution in [0.15, 0.2) is 21.6 Å². The Labute approximate surface area is 113 Å². The molecule has 1 fully saturated rings. The van der Waals surface area contributed by atoms with E-state index in [0.29, 0.717) is 24.8 Å². The number of hydrogen-bond acceptors (Lipinski definition) is 5. The predicted molar refractivity (Wildman–Crippen MR) is 70.1 cm³/mol. The lowest BCUT2D eigenvalue weighted by Crippen LogP contribution is -2.33. The maximum atomic E-state index is 12.0. The Bertz CT molecular complexity index is 508. The average molecular weight is 288 g/mol. The molecule has 2 rings (SSSR count). The predicted octanol–water partition coefficient (Wildman–Crippen LogP) is 0.581. The van der Waals surface area contributed by atoms with Crippen LogP contribution in [0.2, 0.25) is 0 Å². The van der Waals surface area contributed by atoms with Gasteiger partial charge in [-0.3, -0.25) is 0 Å². The third-order valence-corrected chi connectivity index (χ3v) is 4.42. The van der Waals surface area contributed by atoms with Crippen LogP contribution in [0.5, 0.6) is 0 Å². The standard InChI is InChI=1S/C12H20N2O4S/c1-9(6-7-15)14-19(16,17)12-5-4-11(18-12)8-13-10-2-3-10/h4-5,9-10,13-15H,2-3,6-8H2,1H3. The lowest BCUT2D eigenvalue weighted by Gasteiger charge is -2.11. The van der Waals surface area contributed by atoms with Crippen molar-refractivity contribution in [3.63, 3.8) is 0 Å². The van der Waals surface area contributed by atoms with Gasteiger partial charge in [0.15, 0.2) is 0 Å². The van der Waals surface area contributed by atoms with E-state index >= 15 is 0 Å². The summed E-state index contributed by atoms with van der Waals surface area (Å²) < 4.78 is 31.7. The van der Waals surface area contributed by atoms with Gasteiger partial charge in [-0.1, -0.05) is 0 Å². The van der Waals surface area contributed by atoms with Gasteiger partial charge in [0.25, 0.3) is 10.0 Å². The lowest BCUT2D eigenvalue weighted by atomic mass is 10.3. The quantitative estimate of drug-likeness (QED) is 0.651. The molecule has 0 radical (unpaired) electrons. The van der Waals surface area contributed by atoms with Crippen molar-refractivity contribution in [1.82, 2.24) is 10.0 Å². The minimum atomic E-state index is -3.64. The maximum Gasteiger partial charge on any atom is 0.274 e. The summed E-state index contributed by atoms with van der Waals surface area (Å²) in [6, 6.07) is 3.35. The molecular formula is C12H20N2O4S. The van der Waals surface area contributed by atoms with Crippen LogP contribution < -0.4 is 10.0 Å². The van der Waals surface area contributed by atoms with E-state index in [9.17, 15) is 8.42 Å². The summed E-state index contributed by atoms with van der Waals surface area (Å²) >= 11 is 0. The van der Waals surface area contributed by atoms with E-state index in [1.807, 2.05) is 0 Å². The van der Waals surface area contributed by atoms with Crippen molar-refractivity contribution >= 4 is 10.0 Å². The van der Waals surface area contributed by atoms with E-state index in [-0.39, 0.29) is 17.7 Å². The maximum absolute atomic E-state index is 12.0. The molecule has 6 nitrogen and oxygen atoms in total. The summed E-state index contributed by atoms with van der Waals surface area (Å²) in [6.45, 7) is 2.19. The highest BCUT2D eigenvalue weighted by Crippen LogP contribution is 2.20. The Kier molecular flexibility index (Phi) is 4.62. The minimum absolute atomic E-state index is 0.0571. The number of sulfonamides is 1. The highest BCUT2D eigenvalue weighted by Gasteiger charge is 2.23. The summed E-state index contributed by atoms with van der Waals surface area (Å²) in [5.74, 6) is 0.613. The second kappa shape index (κ2) is 6.04. The van der Waals surface area contributed by atoms with Gasteiger partial charge in [-0.2, -0.15) is 0 Å². The minimum Gasteiger partial charge on any atom is -0.447 e. The van der Waals surface area contributed by atoms with Crippen molar-refractivity contribution in [2.24, 2.45) is 0 Å². The van der Waals surface area contributed by atoms with Crippen LogP contribution in [-0.2, 0) is 16.6 Å². The van der Waals surface area contributed by atoms with Crippen LogP contribution in [0.4, 0.5) is 0 Å². The first-order chi connectivity index (χ1) is 9.01. The largest absolute Gasteiger partial charge is 0.447 e. The van der Waals surface area contributed by atoms with Gasteiger partial charge in [0.1, 0.15) is 5.76 Å². The Morgan fingerprint density at radius 2 is 2.21 bits per heavy atom. The Balaban J connectivity index is 1.95. The van der Waals surface area contributed by atoms with Gasteiger partial charge in [0.05, 0.1) is 6.54 Å². The van der Waals surface area contributed by atoms with Crippen LogP contribution in [0.1, 0.15) is 31.9 Å². The Morgan fingerprint density at radius 3 is 2.84 bits per heavy atom. The fraction of sp³-hybridized carbons (Fsp3) is 0.667. The highest BCUT2D eigenvalue weighted by atomic mass is 32.2. The van der Waals surface area contributed by atoms with Crippen LogP contribution in [0.25, 0.3) is 0 Å². The van der Waals surface area contributed by atoms with Crippen LogP contribution in [-0.4, -0.2) is 32.2 Å². The number of aliphatic hydroxyl groups is 1. The van der Waals surface area contributed by atoms with Crippen LogP contribution in [0.3, 0.4) is 0 Å². The molecule has 0 aliphatic heterocycles. The summed E-state index contributed by atoms with van der Waals surface area (Å²) in [6.07, 6.45) is 2.72. The van der Waals surface area contributed by atoms with Crippen LogP contribution >= 0.6 is 0 Å². The first-order valence-electron chi connectivity index (χ1n) is 6.46. The Morgan fingerprint density at radius 1 is 1.47 bits per heavy atom. The Hall–Kier alpha value is -0.890.